The average molecular weight is 679 g/mol. The summed E-state index contributed by atoms with van der Waals surface area (Å²) in [6.45, 7) is 9.77. The molecule has 48 heavy (non-hydrogen) atoms. The van der Waals surface area contributed by atoms with Crippen molar-refractivity contribution in [3.63, 3.8) is 0 Å². The summed E-state index contributed by atoms with van der Waals surface area (Å²) >= 11 is 6.11. The van der Waals surface area contributed by atoms with E-state index in [-0.39, 0.29) is 53.4 Å². The van der Waals surface area contributed by atoms with Crippen LogP contribution in [-0.2, 0) is 15.0 Å². The lowest BCUT2D eigenvalue weighted by atomic mass is 9.73. The van der Waals surface area contributed by atoms with Crippen LogP contribution in [0.15, 0.2) is 41.3 Å². The van der Waals surface area contributed by atoms with Crippen LogP contribution in [0.3, 0.4) is 0 Å². The molecule has 2 unspecified atom stereocenters. The van der Waals surface area contributed by atoms with Gasteiger partial charge in [0, 0.05) is 37.2 Å². The highest BCUT2D eigenvalue weighted by atomic mass is 35.5. The number of amides is 1. The van der Waals surface area contributed by atoms with Crippen molar-refractivity contribution in [2.24, 2.45) is 5.92 Å². The number of nitrogens with one attached hydrogen (secondary N) is 1. The highest BCUT2D eigenvalue weighted by Crippen LogP contribution is 2.47. The number of carbonyl (C=O) groups is 1. The summed E-state index contributed by atoms with van der Waals surface area (Å²) in [5.41, 5.74) is 0.402. The third-order valence-corrected chi connectivity index (χ3v) is 10.7. The van der Waals surface area contributed by atoms with E-state index in [1.54, 1.807) is 13.1 Å². The molecule has 2 saturated heterocycles. The predicted molar refractivity (Wildman–Crippen MR) is 178 cm³/mol. The number of benzene rings is 1. The number of hydrogen-bond donors (Lipinski definition) is 1. The van der Waals surface area contributed by atoms with Gasteiger partial charge < -0.3 is 14.2 Å². The van der Waals surface area contributed by atoms with Crippen LogP contribution in [0.5, 0.6) is 0 Å². The number of alkyl halides is 2. The monoisotopic (exact) mass is 678 g/mol. The topological polar surface area (TPSA) is 115 Å². The van der Waals surface area contributed by atoms with E-state index in [9.17, 15) is 14.0 Å². The zero-order valence-corrected chi connectivity index (χ0v) is 28.4. The van der Waals surface area contributed by atoms with Gasteiger partial charge in [0.1, 0.15) is 22.1 Å². The molecule has 3 fully saturated rings. The Morgan fingerprint density at radius 1 is 1.12 bits per heavy atom. The predicted octanol–water partition coefficient (Wildman–Crippen LogP) is 5.30. The van der Waals surface area contributed by atoms with Crippen molar-refractivity contribution >= 4 is 35.7 Å². The number of fused-ring (bicyclic) bond motifs is 1. The highest BCUT2D eigenvalue weighted by Gasteiger charge is 2.52. The SMILES string of the molecule is Cc1nc(C2CCCC(F)(c3ccc(B4OC(C)(C)C(C)(C)O4)cc3)C2)cnc1-c1[nH]n2c(=O)cc(Cl)nc2c1C(=O)N1CC(CF)C1. The third-order valence-electron chi connectivity index (χ3n) is 10.5. The van der Waals surface area contributed by atoms with Crippen LogP contribution >= 0.6 is 11.6 Å². The van der Waals surface area contributed by atoms with E-state index >= 15 is 4.39 Å². The minimum atomic E-state index is -1.55. The molecule has 1 amide bonds. The first-order valence-electron chi connectivity index (χ1n) is 16.3. The smallest absolute Gasteiger partial charge is 0.399 e. The Labute approximate surface area is 282 Å². The molecule has 252 valence electrons. The number of aromatic nitrogens is 5. The number of H-pyrrole nitrogens is 1. The van der Waals surface area contributed by atoms with Gasteiger partial charge in [0.15, 0.2) is 5.65 Å². The van der Waals surface area contributed by atoms with Gasteiger partial charge in [0.05, 0.1) is 35.0 Å². The van der Waals surface area contributed by atoms with E-state index in [2.05, 4.69) is 10.1 Å². The molecule has 10 nitrogen and oxygen atoms in total. The van der Waals surface area contributed by atoms with Crippen LogP contribution in [0.2, 0.25) is 5.15 Å². The fraction of sp³-hybridized carbons (Fsp3) is 0.500. The maximum atomic E-state index is 16.7. The summed E-state index contributed by atoms with van der Waals surface area (Å²) in [5.74, 6) is -0.821. The Kier molecular flexibility index (Phi) is 8.03. The molecule has 14 heteroatoms. The molecule has 1 aromatic carbocycles. The van der Waals surface area contributed by atoms with Gasteiger partial charge in [0.2, 0.25) is 0 Å². The number of nitrogens with zero attached hydrogens (tertiary/aromatic N) is 5. The number of aromatic amines is 1. The molecule has 1 saturated carbocycles. The number of halogens is 3. The van der Waals surface area contributed by atoms with E-state index in [0.717, 1.165) is 22.5 Å². The van der Waals surface area contributed by atoms with Gasteiger partial charge in [0.25, 0.3) is 11.5 Å². The quantitative estimate of drug-likeness (QED) is 0.217. The van der Waals surface area contributed by atoms with E-state index in [4.69, 9.17) is 30.9 Å². The Morgan fingerprint density at radius 2 is 1.81 bits per heavy atom. The van der Waals surface area contributed by atoms with Crippen LogP contribution in [0.25, 0.3) is 17.0 Å². The lowest BCUT2D eigenvalue weighted by Crippen LogP contribution is -2.50. The standard InChI is InChI=1S/C34H38BClF2N6O4/c1-19-28(29-27(31(46)43-17-20(15-37)18-43)30-41-25(36)13-26(45)44(30)42-29)39-16-24(40-19)21-7-6-12-34(38,14-21)22-8-10-23(11-9-22)35-47-32(2,3)33(4,5)48-35/h8-11,13,16,20-21,42H,6-7,12,14-15,17-18H2,1-5H3. The molecular formula is C34H38BClF2N6O4. The van der Waals surface area contributed by atoms with Crippen molar-refractivity contribution in [2.75, 3.05) is 19.8 Å². The van der Waals surface area contributed by atoms with E-state index in [0.29, 0.717) is 35.5 Å². The van der Waals surface area contributed by atoms with E-state index in [1.165, 1.54) is 4.90 Å². The molecule has 4 aromatic rings. The summed E-state index contributed by atoms with van der Waals surface area (Å²) in [4.78, 5) is 41.7. The molecule has 7 rings (SSSR count). The lowest BCUT2D eigenvalue weighted by molar-refractivity contribution is 0.00578. The van der Waals surface area contributed by atoms with E-state index < -0.39 is 42.1 Å². The minimum absolute atomic E-state index is 0.0560. The zero-order chi connectivity index (χ0) is 34.2. The van der Waals surface area contributed by atoms with Gasteiger partial charge >= 0.3 is 7.12 Å². The normalized spacial score (nSPS) is 23.9. The molecule has 1 N–H and O–H groups in total. The van der Waals surface area contributed by atoms with Crippen molar-refractivity contribution in [3.05, 3.63) is 74.6 Å². The van der Waals surface area contributed by atoms with Crippen molar-refractivity contribution in [2.45, 2.75) is 83.1 Å². The second-order valence-electron chi connectivity index (χ2n) is 14.4. The van der Waals surface area contributed by atoms with Gasteiger partial charge in [-0.1, -0.05) is 35.9 Å². The Hall–Kier alpha value is -3.68. The van der Waals surface area contributed by atoms with Crippen LogP contribution in [0.1, 0.15) is 86.6 Å². The van der Waals surface area contributed by atoms with Crippen molar-refractivity contribution in [1.82, 2.24) is 29.5 Å². The molecule has 0 spiro atoms. The summed E-state index contributed by atoms with van der Waals surface area (Å²) in [6.07, 6.45) is 3.69. The number of rotatable bonds is 6. The van der Waals surface area contributed by atoms with Crippen molar-refractivity contribution < 1.29 is 22.9 Å². The Bertz CT molecular complexity index is 1950. The first-order chi connectivity index (χ1) is 22.7. The zero-order valence-electron chi connectivity index (χ0n) is 27.6. The van der Waals surface area contributed by atoms with E-state index in [1.807, 2.05) is 52.0 Å². The van der Waals surface area contributed by atoms with Gasteiger partial charge in [-0.3, -0.25) is 29.0 Å². The fourth-order valence-corrected chi connectivity index (χ4v) is 7.15. The van der Waals surface area contributed by atoms with Crippen molar-refractivity contribution in [3.8, 4) is 11.4 Å². The van der Waals surface area contributed by atoms with Gasteiger partial charge in [-0.2, -0.15) is 0 Å². The highest BCUT2D eigenvalue weighted by molar-refractivity contribution is 6.62. The van der Waals surface area contributed by atoms with Gasteiger partial charge in [-0.05, 0) is 71.3 Å². The molecule has 2 atom stereocenters. The summed E-state index contributed by atoms with van der Waals surface area (Å²) in [5, 5.41) is 2.92. The molecule has 0 bridgehead atoms. The largest absolute Gasteiger partial charge is 0.494 e. The molecule has 3 aliphatic rings. The molecule has 3 aromatic heterocycles. The second kappa shape index (κ2) is 11.7. The number of aryl methyl sites for hydroxylation is 1. The number of carbonyl (C=O) groups excluding carboxylic acids is 1. The molecule has 2 aliphatic heterocycles. The average Bonchev–Trinajstić information content (AvgIpc) is 3.49. The maximum absolute atomic E-state index is 16.7. The van der Waals surface area contributed by atoms with Crippen LogP contribution in [0, 0.1) is 12.8 Å². The summed E-state index contributed by atoms with van der Waals surface area (Å²) < 4.78 is 43.4. The number of hydrogen-bond acceptors (Lipinski definition) is 7. The van der Waals surface area contributed by atoms with Gasteiger partial charge in [-0.25, -0.2) is 13.9 Å². The Balaban J connectivity index is 1.15. The summed E-state index contributed by atoms with van der Waals surface area (Å²) in [6, 6.07) is 8.56. The number of likely N-dealkylation sites (tertiary alicyclic amines) is 1. The lowest BCUT2D eigenvalue weighted by Gasteiger charge is -2.37. The van der Waals surface area contributed by atoms with Crippen LogP contribution in [0.4, 0.5) is 8.78 Å². The second-order valence-corrected chi connectivity index (χ2v) is 14.8. The maximum Gasteiger partial charge on any atom is 0.494 e. The van der Waals surface area contributed by atoms with Crippen molar-refractivity contribution in [1.29, 1.82) is 0 Å². The fourth-order valence-electron chi connectivity index (χ4n) is 6.97. The minimum Gasteiger partial charge on any atom is -0.399 e. The first kappa shape index (κ1) is 32.9. The molecule has 0 radical (unpaired) electrons. The molecule has 1 aliphatic carbocycles. The summed E-state index contributed by atoms with van der Waals surface area (Å²) in [7, 11) is -0.520. The first-order valence-corrected chi connectivity index (χ1v) is 16.7. The molecular weight excluding hydrogens is 641 g/mol. The molecule has 5 heterocycles. The van der Waals surface area contributed by atoms with Gasteiger partial charge in [-0.15, -0.1) is 0 Å². The van der Waals surface area contributed by atoms with Crippen LogP contribution in [-0.4, -0.2) is 73.5 Å². The third kappa shape index (κ3) is 5.53. The Morgan fingerprint density at radius 3 is 2.46 bits per heavy atom. The van der Waals surface area contributed by atoms with Crippen LogP contribution < -0.4 is 11.0 Å².